The molecule has 0 fully saturated rings. The Morgan fingerprint density at radius 1 is 1.56 bits per heavy atom. The molecule has 6 nitrogen and oxygen atoms in total. The number of ether oxygens (including phenoxy) is 1. The third kappa shape index (κ3) is 3.89. The van der Waals surface area contributed by atoms with Gasteiger partial charge in [-0.3, -0.25) is 14.9 Å². The summed E-state index contributed by atoms with van der Waals surface area (Å²) in [7, 11) is 1.49. The minimum Gasteiger partial charge on any atom is -0.496 e. The molecular weight excluding hydrogens is 236 g/mol. The number of carbonyl (C=O) groups excluding carboxylic acids is 1. The van der Waals surface area contributed by atoms with Crippen molar-refractivity contribution in [2.45, 2.75) is 6.92 Å². The summed E-state index contributed by atoms with van der Waals surface area (Å²) >= 11 is 0. The zero-order valence-corrected chi connectivity index (χ0v) is 10.2. The van der Waals surface area contributed by atoms with E-state index in [1.807, 2.05) is 0 Å². The molecule has 0 aliphatic rings. The quantitative estimate of drug-likeness (QED) is 0.637. The van der Waals surface area contributed by atoms with Crippen molar-refractivity contribution in [1.82, 2.24) is 5.32 Å². The first kappa shape index (κ1) is 13.7. The molecule has 18 heavy (non-hydrogen) atoms. The van der Waals surface area contributed by atoms with Gasteiger partial charge in [0, 0.05) is 31.2 Å². The van der Waals surface area contributed by atoms with Crippen molar-refractivity contribution in [1.29, 1.82) is 0 Å². The Labute approximate surface area is 104 Å². The minimum atomic E-state index is -0.468. The van der Waals surface area contributed by atoms with Gasteiger partial charge in [0.1, 0.15) is 5.75 Å². The highest BCUT2D eigenvalue weighted by molar-refractivity contribution is 5.73. The van der Waals surface area contributed by atoms with Gasteiger partial charge < -0.3 is 10.1 Å². The van der Waals surface area contributed by atoms with E-state index < -0.39 is 4.92 Å². The fraction of sp³-hybridized carbons (Fsp3) is 0.250. The zero-order valence-electron chi connectivity index (χ0n) is 10.2. The maximum absolute atomic E-state index is 10.7. The van der Waals surface area contributed by atoms with Crippen LogP contribution in [0.5, 0.6) is 5.75 Å². The van der Waals surface area contributed by atoms with E-state index in [0.717, 1.165) is 0 Å². The monoisotopic (exact) mass is 250 g/mol. The standard InChI is InChI=1S/C12H14N2O4/c1-9(15)13-7-3-4-10-8-11(14(16)17)5-6-12(10)18-2/h3-6,8H,7H2,1-2H3,(H,13,15). The van der Waals surface area contributed by atoms with Gasteiger partial charge in [-0.1, -0.05) is 12.2 Å². The van der Waals surface area contributed by atoms with E-state index in [2.05, 4.69) is 5.32 Å². The maximum Gasteiger partial charge on any atom is 0.270 e. The first-order valence-corrected chi connectivity index (χ1v) is 5.28. The Bertz CT molecular complexity index is 483. The molecule has 0 spiro atoms. The smallest absolute Gasteiger partial charge is 0.270 e. The SMILES string of the molecule is COc1ccc([N+](=O)[O-])cc1C=CCNC(C)=O. The molecule has 96 valence electrons. The fourth-order valence-corrected chi connectivity index (χ4v) is 1.35. The Morgan fingerprint density at radius 3 is 2.83 bits per heavy atom. The van der Waals surface area contributed by atoms with Crippen LogP contribution in [0.4, 0.5) is 5.69 Å². The highest BCUT2D eigenvalue weighted by Gasteiger charge is 2.08. The lowest BCUT2D eigenvalue weighted by atomic mass is 10.1. The average Bonchev–Trinajstić information content (AvgIpc) is 2.34. The molecule has 0 heterocycles. The van der Waals surface area contributed by atoms with E-state index in [1.165, 1.54) is 32.2 Å². The third-order valence-electron chi connectivity index (χ3n) is 2.19. The van der Waals surface area contributed by atoms with Crippen molar-refractivity contribution in [3.8, 4) is 5.75 Å². The van der Waals surface area contributed by atoms with Gasteiger partial charge in [0.05, 0.1) is 12.0 Å². The van der Waals surface area contributed by atoms with Crippen molar-refractivity contribution in [2.24, 2.45) is 0 Å². The number of nitro benzene ring substituents is 1. The van der Waals surface area contributed by atoms with Crippen LogP contribution in [0.25, 0.3) is 6.08 Å². The van der Waals surface area contributed by atoms with Crippen molar-refractivity contribution in [3.05, 3.63) is 40.0 Å². The molecule has 1 aromatic rings. The molecule has 1 amide bonds. The number of non-ortho nitro benzene ring substituents is 1. The third-order valence-corrected chi connectivity index (χ3v) is 2.19. The molecule has 1 N–H and O–H groups in total. The van der Waals surface area contributed by atoms with Gasteiger partial charge in [0.15, 0.2) is 0 Å². The fourth-order valence-electron chi connectivity index (χ4n) is 1.35. The van der Waals surface area contributed by atoms with Crippen molar-refractivity contribution in [3.63, 3.8) is 0 Å². The molecule has 0 atom stereocenters. The zero-order chi connectivity index (χ0) is 13.5. The van der Waals surface area contributed by atoms with E-state index in [0.29, 0.717) is 17.9 Å². The molecule has 0 aromatic heterocycles. The van der Waals surface area contributed by atoms with Crippen molar-refractivity contribution < 1.29 is 14.5 Å². The number of nitrogens with zero attached hydrogens (tertiary/aromatic N) is 1. The number of amides is 1. The molecule has 0 aliphatic heterocycles. The second-order valence-electron chi connectivity index (χ2n) is 3.52. The van der Waals surface area contributed by atoms with Crippen LogP contribution in [-0.2, 0) is 4.79 Å². The van der Waals surface area contributed by atoms with E-state index in [1.54, 1.807) is 12.2 Å². The Balaban J connectivity index is 2.87. The first-order valence-electron chi connectivity index (χ1n) is 5.28. The van der Waals surface area contributed by atoms with Crippen LogP contribution in [0.15, 0.2) is 24.3 Å². The molecule has 0 bridgehead atoms. The summed E-state index contributed by atoms with van der Waals surface area (Å²) in [6, 6.07) is 4.34. The molecule has 0 radical (unpaired) electrons. The van der Waals surface area contributed by atoms with E-state index in [9.17, 15) is 14.9 Å². The van der Waals surface area contributed by atoms with Crippen LogP contribution < -0.4 is 10.1 Å². The summed E-state index contributed by atoms with van der Waals surface area (Å²) in [5, 5.41) is 13.2. The number of nitro groups is 1. The summed E-state index contributed by atoms with van der Waals surface area (Å²) in [6.07, 6.45) is 3.37. The van der Waals surface area contributed by atoms with Crippen LogP contribution in [0.2, 0.25) is 0 Å². The highest BCUT2D eigenvalue weighted by atomic mass is 16.6. The van der Waals surface area contributed by atoms with Crippen molar-refractivity contribution in [2.75, 3.05) is 13.7 Å². The molecule has 6 heteroatoms. The van der Waals surface area contributed by atoms with Crippen LogP contribution in [0.3, 0.4) is 0 Å². The number of methoxy groups -OCH3 is 1. The Morgan fingerprint density at radius 2 is 2.28 bits per heavy atom. The lowest BCUT2D eigenvalue weighted by Crippen LogP contribution is -2.19. The van der Waals surface area contributed by atoms with E-state index >= 15 is 0 Å². The van der Waals surface area contributed by atoms with Gasteiger partial charge >= 0.3 is 0 Å². The average molecular weight is 250 g/mol. The summed E-state index contributed by atoms with van der Waals surface area (Å²) in [4.78, 5) is 20.9. The van der Waals surface area contributed by atoms with Gasteiger partial charge in [-0.25, -0.2) is 0 Å². The van der Waals surface area contributed by atoms with Gasteiger partial charge in [-0.15, -0.1) is 0 Å². The normalized spacial score (nSPS) is 10.3. The Hall–Kier alpha value is -2.37. The largest absolute Gasteiger partial charge is 0.496 e. The molecule has 0 unspecified atom stereocenters. The summed E-state index contributed by atoms with van der Waals surface area (Å²) in [6.45, 7) is 1.78. The van der Waals surface area contributed by atoms with E-state index in [-0.39, 0.29) is 11.6 Å². The summed E-state index contributed by atoms with van der Waals surface area (Å²) in [5.41, 5.74) is 0.590. The molecule has 0 aliphatic carbocycles. The van der Waals surface area contributed by atoms with Gasteiger partial charge in [0.2, 0.25) is 5.91 Å². The minimum absolute atomic E-state index is 0.00465. The van der Waals surface area contributed by atoms with Gasteiger partial charge in [-0.05, 0) is 6.07 Å². The Kier molecular flexibility index (Phi) is 4.86. The lowest BCUT2D eigenvalue weighted by molar-refractivity contribution is -0.384. The molecular formula is C12H14N2O4. The highest BCUT2D eigenvalue weighted by Crippen LogP contribution is 2.24. The lowest BCUT2D eigenvalue weighted by Gasteiger charge is -2.04. The first-order chi connectivity index (χ1) is 8.54. The molecule has 0 saturated heterocycles. The van der Waals surface area contributed by atoms with Gasteiger partial charge in [0.25, 0.3) is 5.69 Å². The number of hydrogen-bond acceptors (Lipinski definition) is 4. The number of carbonyl (C=O) groups is 1. The van der Waals surface area contributed by atoms with Crippen LogP contribution in [0, 0.1) is 10.1 Å². The van der Waals surface area contributed by atoms with Crippen LogP contribution in [0.1, 0.15) is 12.5 Å². The number of hydrogen-bond donors (Lipinski definition) is 1. The second-order valence-corrected chi connectivity index (χ2v) is 3.52. The number of rotatable bonds is 5. The maximum atomic E-state index is 10.7. The number of benzene rings is 1. The molecule has 1 aromatic carbocycles. The van der Waals surface area contributed by atoms with E-state index in [4.69, 9.17) is 4.74 Å². The predicted molar refractivity (Wildman–Crippen MR) is 67.4 cm³/mol. The molecule has 1 rings (SSSR count). The van der Waals surface area contributed by atoms with Crippen LogP contribution in [-0.4, -0.2) is 24.5 Å². The van der Waals surface area contributed by atoms with Crippen molar-refractivity contribution >= 4 is 17.7 Å². The second kappa shape index (κ2) is 6.39. The molecule has 0 saturated carbocycles. The number of nitrogens with one attached hydrogen (secondary N) is 1. The summed E-state index contributed by atoms with van der Waals surface area (Å²) < 4.78 is 5.10. The topological polar surface area (TPSA) is 81.5 Å². The predicted octanol–water partition coefficient (Wildman–Crippen LogP) is 1.75. The summed E-state index contributed by atoms with van der Waals surface area (Å²) in [5.74, 6) is 0.408. The van der Waals surface area contributed by atoms with Gasteiger partial charge in [-0.2, -0.15) is 0 Å². The van der Waals surface area contributed by atoms with Crippen LogP contribution >= 0.6 is 0 Å².